The van der Waals surface area contributed by atoms with Crippen molar-refractivity contribution in [2.24, 2.45) is 0 Å². The van der Waals surface area contributed by atoms with Crippen molar-refractivity contribution in [3.8, 4) is 0 Å². The van der Waals surface area contributed by atoms with Gasteiger partial charge in [-0.1, -0.05) is 0 Å². The topological polar surface area (TPSA) is 15.3 Å². The van der Waals surface area contributed by atoms with Crippen LogP contribution in [0.5, 0.6) is 0 Å². The van der Waals surface area contributed by atoms with E-state index in [1.165, 1.54) is 54.1 Å². The number of nitrogens with one attached hydrogen (secondary N) is 1. The van der Waals surface area contributed by atoms with Gasteiger partial charge in [0, 0.05) is 34.9 Å². The summed E-state index contributed by atoms with van der Waals surface area (Å²) in [5, 5.41) is 3.79. The van der Waals surface area contributed by atoms with Crippen LogP contribution in [0.15, 0.2) is 6.07 Å². The second kappa shape index (κ2) is 5.32. The maximum atomic E-state index is 3.79. The third-order valence-electron chi connectivity index (χ3n) is 4.15. The van der Waals surface area contributed by atoms with Crippen LogP contribution in [0.3, 0.4) is 0 Å². The lowest BCUT2D eigenvalue weighted by Gasteiger charge is -2.33. The van der Waals surface area contributed by atoms with Gasteiger partial charge in [0.1, 0.15) is 0 Å². The first kappa shape index (κ1) is 12.6. The van der Waals surface area contributed by atoms with E-state index < -0.39 is 0 Å². The van der Waals surface area contributed by atoms with Crippen LogP contribution in [-0.4, -0.2) is 30.1 Å². The normalized spacial score (nSPS) is 25.6. The summed E-state index contributed by atoms with van der Waals surface area (Å²) in [6.07, 6.45) is 5.53. The second-order valence-corrected chi connectivity index (χ2v) is 7.31. The number of hydrogen-bond donors (Lipinski definition) is 1. The Morgan fingerprint density at radius 2 is 2.11 bits per heavy atom. The maximum absolute atomic E-state index is 3.79. The van der Waals surface area contributed by atoms with Crippen molar-refractivity contribution in [3.63, 3.8) is 0 Å². The van der Waals surface area contributed by atoms with Crippen molar-refractivity contribution >= 4 is 11.3 Å². The predicted octanol–water partition coefficient (Wildman–Crippen LogP) is 3.08. The largest absolute Gasteiger partial charge is 0.310 e. The molecule has 1 aliphatic carbocycles. The number of piperidine rings is 1. The fourth-order valence-electron chi connectivity index (χ4n) is 2.87. The van der Waals surface area contributed by atoms with E-state index in [0.717, 1.165) is 18.6 Å². The number of aryl methyl sites for hydroxylation is 2. The Bertz CT molecular complexity index is 389. The number of thiophene rings is 1. The molecule has 1 aromatic heterocycles. The van der Waals surface area contributed by atoms with E-state index in [1.54, 1.807) is 0 Å². The molecule has 2 fully saturated rings. The summed E-state index contributed by atoms with van der Waals surface area (Å²) in [4.78, 5) is 5.65. The van der Waals surface area contributed by atoms with Gasteiger partial charge >= 0.3 is 0 Å². The van der Waals surface area contributed by atoms with Gasteiger partial charge in [0.2, 0.25) is 0 Å². The highest BCUT2D eigenvalue weighted by molar-refractivity contribution is 7.12. The molecule has 2 nitrogen and oxygen atoms in total. The minimum absolute atomic E-state index is 0.744. The Hall–Kier alpha value is -0.380. The van der Waals surface area contributed by atoms with Gasteiger partial charge in [0.25, 0.3) is 0 Å². The SMILES string of the molecule is Cc1cc(CN2CCCC(NC3CC3)C2)sc1C. The molecule has 1 saturated carbocycles. The van der Waals surface area contributed by atoms with Crippen LogP contribution < -0.4 is 5.32 Å². The van der Waals surface area contributed by atoms with Crippen molar-refractivity contribution < 1.29 is 0 Å². The standard InChI is InChI=1S/C15H24N2S/c1-11-8-15(18-12(11)2)10-17-7-3-4-14(9-17)16-13-5-6-13/h8,13-14,16H,3-7,9-10H2,1-2H3. The molecule has 2 heterocycles. The molecule has 1 atom stereocenters. The van der Waals surface area contributed by atoms with E-state index in [4.69, 9.17) is 0 Å². The maximum Gasteiger partial charge on any atom is 0.0328 e. The number of hydrogen-bond acceptors (Lipinski definition) is 3. The van der Waals surface area contributed by atoms with Crippen LogP contribution in [0.2, 0.25) is 0 Å². The highest BCUT2D eigenvalue weighted by atomic mass is 32.1. The summed E-state index contributed by atoms with van der Waals surface area (Å²) < 4.78 is 0. The first-order valence-electron chi connectivity index (χ1n) is 7.25. The van der Waals surface area contributed by atoms with Gasteiger partial charge in [-0.2, -0.15) is 0 Å². The Balaban J connectivity index is 1.54. The van der Waals surface area contributed by atoms with Gasteiger partial charge in [-0.3, -0.25) is 4.90 Å². The molecular weight excluding hydrogens is 240 g/mol. The minimum Gasteiger partial charge on any atom is -0.310 e. The smallest absolute Gasteiger partial charge is 0.0328 e. The summed E-state index contributed by atoms with van der Waals surface area (Å²) >= 11 is 1.97. The van der Waals surface area contributed by atoms with Crippen molar-refractivity contribution in [2.45, 2.75) is 58.2 Å². The van der Waals surface area contributed by atoms with Crippen LogP contribution in [0.25, 0.3) is 0 Å². The average Bonchev–Trinajstić information content (AvgIpc) is 3.07. The monoisotopic (exact) mass is 264 g/mol. The third kappa shape index (κ3) is 3.14. The minimum atomic E-state index is 0.744. The van der Waals surface area contributed by atoms with Gasteiger partial charge in [0.05, 0.1) is 0 Å². The molecule has 1 unspecified atom stereocenters. The molecule has 100 valence electrons. The molecule has 0 aromatic carbocycles. The fourth-order valence-corrected chi connectivity index (χ4v) is 3.96. The molecule has 0 spiro atoms. The fraction of sp³-hybridized carbons (Fsp3) is 0.733. The number of rotatable bonds is 4. The lowest BCUT2D eigenvalue weighted by atomic mass is 10.1. The van der Waals surface area contributed by atoms with E-state index in [2.05, 4.69) is 30.1 Å². The Kier molecular flexibility index (Phi) is 3.73. The first-order chi connectivity index (χ1) is 8.70. The van der Waals surface area contributed by atoms with Crippen molar-refractivity contribution in [3.05, 3.63) is 21.4 Å². The lowest BCUT2D eigenvalue weighted by molar-refractivity contribution is 0.184. The van der Waals surface area contributed by atoms with E-state index in [0.29, 0.717) is 0 Å². The van der Waals surface area contributed by atoms with Crippen LogP contribution in [-0.2, 0) is 6.54 Å². The molecule has 1 saturated heterocycles. The molecule has 0 radical (unpaired) electrons. The zero-order valence-electron chi connectivity index (χ0n) is 11.5. The van der Waals surface area contributed by atoms with Crippen LogP contribution in [0.1, 0.15) is 41.0 Å². The zero-order chi connectivity index (χ0) is 12.5. The number of nitrogens with zero attached hydrogens (tertiary/aromatic N) is 1. The molecule has 18 heavy (non-hydrogen) atoms. The summed E-state index contributed by atoms with van der Waals surface area (Å²) in [6.45, 7) is 8.13. The van der Waals surface area contributed by atoms with Gasteiger partial charge < -0.3 is 5.32 Å². The average molecular weight is 264 g/mol. The van der Waals surface area contributed by atoms with Crippen molar-refractivity contribution in [2.75, 3.05) is 13.1 Å². The van der Waals surface area contributed by atoms with Crippen molar-refractivity contribution in [1.82, 2.24) is 10.2 Å². The highest BCUT2D eigenvalue weighted by Crippen LogP contribution is 2.25. The van der Waals surface area contributed by atoms with Crippen LogP contribution in [0, 0.1) is 13.8 Å². The Morgan fingerprint density at radius 3 is 2.78 bits per heavy atom. The van der Waals surface area contributed by atoms with Gasteiger partial charge in [-0.25, -0.2) is 0 Å². The molecule has 0 bridgehead atoms. The zero-order valence-corrected chi connectivity index (χ0v) is 12.4. The Morgan fingerprint density at radius 1 is 1.28 bits per heavy atom. The van der Waals surface area contributed by atoms with E-state index in [9.17, 15) is 0 Å². The molecule has 3 heteroatoms. The Labute approximate surface area is 114 Å². The van der Waals surface area contributed by atoms with E-state index >= 15 is 0 Å². The molecule has 1 N–H and O–H groups in total. The van der Waals surface area contributed by atoms with Gasteiger partial charge in [-0.05, 0) is 57.7 Å². The molecule has 0 amide bonds. The summed E-state index contributed by atoms with van der Waals surface area (Å²) in [5.74, 6) is 0. The van der Waals surface area contributed by atoms with Crippen LogP contribution >= 0.6 is 11.3 Å². The lowest BCUT2D eigenvalue weighted by Crippen LogP contribution is -2.45. The summed E-state index contributed by atoms with van der Waals surface area (Å²) in [5.41, 5.74) is 1.46. The molecular formula is C15H24N2S. The predicted molar refractivity (Wildman–Crippen MR) is 78.2 cm³/mol. The quantitative estimate of drug-likeness (QED) is 0.899. The summed E-state index contributed by atoms with van der Waals surface area (Å²) in [6, 6.07) is 3.97. The van der Waals surface area contributed by atoms with E-state index in [-0.39, 0.29) is 0 Å². The second-order valence-electron chi connectivity index (χ2n) is 5.97. The third-order valence-corrected chi connectivity index (χ3v) is 5.29. The molecule has 1 aliphatic heterocycles. The number of likely N-dealkylation sites (tertiary alicyclic amines) is 1. The molecule has 2 aliphatic rings. The molecule has 1 aromatic rings. The van der Waals surface area contributed by atoms with E-state index in [1.807, 2.05) is 11.3 Å². The van der Waals surface area contributed by atoms with Gasteiger partial charge in [0.15, 0.2) is 0 Å². The van der Waals surface area contributed by atoms with Crippen LogP contribution in [0.4, 0.5) is 0 Å². The highest BCUT2D eigenvalue weighted by Gasteiger charge is 2.27. The van der Waals surface area contributed by atoms with Crippen molar-refractivity contribution in [1.29, 1.82) is 0 Å². The summed E-state index contributed by atoms with van der Waals surface area (Å²) in [7, 11) is 0. The molecule has 3 rings (SSSR count). The van der Waals surface area contributed by atoms with Gasteiger partial charge in [-0.15, -0.1) is 11.3 Å². The first-order valence-corrected chi connectivity index (χ1v) is 8.06.